The largest absolute Gasteiger partial charge is 0.479 e. The zero-order valence-corrected chi connectivity index (χ0v) is 15.9. The van der Waals surface area contributed by atoms with Crippen molar-refractivity contribution in [3.63, 3.8) is 0 Å². The fourth-order valence-electron chi connectivity index (χ4n) is 2.14. The molecule has 21 heavy (non-hydrogen) atoms. The Morgan fingerprint density at radius 2 is 2.19 bits per heavy atom. The van der Waals surface area contributed by atoms with Crippen molar-refractivity contribution in [2.24, 2.45) is 0 Å². The summed E-state index contributed by atoms with van der Waals surface area (Å²) >= 11 is 0. The third-order valence-electron chi connectivity index (χ3n) is 3.18. The number of amides is 1. The van der Waals surface area contributed by atoms with E-state index in [2.05, 4.69) is 13.6 Å². The Morgan fingerprint density at radius 3 is 2.71 bits per heavy atom. The normalized spacial score (nSPS) is 17.7. The average Bonchev–Trinajstić information content (AvgIpc) is 2.82. The zero-order valence-electron chi connectivity index (χ0n) is 12.0. The third kappa shape index (κ3) is 4.48. The Morgan fingerprint density at radius 1 is 1.52 bits per heavy atom. The summed E-state index contributed by atoms with van der Waals surface area (Å²) in [6.45, 7) is 6.86. The summed E-state index contributed by atoms with van der Waals surface area (Å²) in [7, 11) is 0.774. The first-order valence-electron chi connectivity index (χ1n) is 6.46. The first-order valence-corrected chi connectivity index (χ1v) is 8.16. The second kappa shape index (κ2) is 8.82. The number of hydrogen-bond donors (Lipinski definition) is 0. The molecule has 1 aromatic rings. The van der Waals surface area contributed by atoms with Gasteiger partial charge in [0.1, 0.15) is 6.10 Å². The van der Waals surface area contributed by atoms with Gasteiger partial charge in [0.25, 0.3) is 0 Å². The van der Waals surface area contributed by atoms with E-state index in [1.807, 2.05) is 24.3 Å². The standard InChI is InChI=1S/C14H18N3O2P.Y/c1-3-16(10-15)11-4-6-12(7-5-11)17-8-13(9-20-2)19-14(17)18;/h4-7,10,13,20H,1,3,8-9H2,2H3;/q-2;/t13-;/m1./s1. The number of benzene rings is 1. The minimum Gasteiger partial charge on any atom is -0.479 e. The van der Waals surface area contributed by atoms with E-state index in [1.165, 1.54) is 0 Å². The summed E-state index contributed by atoms with van der Waals surface area (Å²) in [4.78, 5) is 15.1. The molecule has 0 aliphatic carbocycles. The van der Waals surface area contributed by atoms with E-state index >= 15 is 0 Å². The first-order chi connectivity index (χ1) is 9.69. The molecular weight excluding hydrogens is 362 g/mol. The summed E-state index contributed by atoms with van der Waals surface area (Å²) in [5.41, 5.74) is 1.63. The van der Waals surface area contributed by atoms with Crippen LogP contribution >= 0.6 is 8.58 Å². The Hall–Kier alpha value is -0.506. The molecule has 1 amide bonds. The van der Waals surface area contributed by atoms with Gasteiger partial charge >= 0.3 is 6.09 Å². The van der Waals surface area contributed by atoms with Crippen molar-refractivity contribution < 1.29 is 42.2 Å². The Labute approximate surface area is 152 Å². The van der Waals surface area contributed by atoms with E-state index in [4.69, 9.17) is 10.1 Å². The topological polar surface area (TPSA) is 55.1 Å². The van der Waals surface area contributed by atoms with E-state index in [0.29, 0.717) is 13.1 Å². The van der Waals surface area contributed by atoms with E-state index in [0.717, 1.165) is 32.5 Å². The molecule has 1 aliphatic rings. The molecule has 5 nitrogen and oxygen atoms in total. The Bertz CT molecular complexity index is 484. The van der Waals surface area contributed by atoms with Gasteiger partial charge in [-0.15, -0.1) is 14.9 Å². The van der Waals surface area contributed by atoms with Crippen molar-refractivity contribution in [2.45, 2.75) is 6.10 Å². The molecule has 0 bridgehead atoms. The van der Waals surface area contributed by atoms with Crippen molar-refractivity contribution in [3.8, 4) is 0 Å². The maximum absolute atomic E-state index is 11.8. The van der Waals surface area contributed by atoms with Gasteiger partial charge in [0, 0.05) is 44.6 Å². The van der Waals surface area contributed by atoms with E-state index in [-0.39, 0.29) is 44.9 Å². The number of carbonyl (C=O) groups excluding carboxylic acids is 1. The van der Waals surface area contributed by atoms with Gasteiger partial charge in [-0.25, -0.2) is 4.79 Å². The summed E-state index contributed by atoms with van der Waals surface area (Å²) in [5, 5.41) is 9.07. The monoisotopic (exact) mass is 380 g/mol. The average molecular weight is 380 g/mol. The molecule has 1 aromatic carbocycles. The predicted molar refractivity (Wildman–Crippen MR) is 85.3 cm³/mol. The number of ether oxygens (including phenoxy) is 1. The van der Waals surface area contributed by atoms with Crippen LogP contribution in [0.4, 0.5) is 16.2 Å². The summed E-state index contributed by atoms with van der Waals surface area (Å²) in [5.74, 6) is 0. The molecule has 2 rings (SSSR count). The van der Waals surface area contributed by atoms with E-state index in [9.17, 15) is 4.79 Å². The molecule has 1 fully saturated rings. The molecule has 1 radical (unpaired) electrons. The molecule has 0 saturated carbocycles. The van der Waals surface area contributed by atoms with Gasteiger partial charge in [-0.3, -0.25) is 4.90 Å². The predicted octanol–water partition coefficient (Wildman–Crippen LogP) is 2.56. The van der Waals surface area contributed by atoms with Gasteiger partial charge in [-0.2, -0.15) is 6.54 Å². The van der Waals surface area contributed by atoms with Gasteiger partial charge in [0.15, 0.2) is 0 Å². The number of hydrogen-bond acceptors (Lipinski definition) is 2. The molecule has 1 saturated heterocycles. The number of anilines is 2. The second-order valence-electron chi connectivity index (χ2n) is 4.50. The molecule has 0 aromatic heterocycles. The second-order valence-corrected chi connectivity index (χ2v) is 5.61. The molecular formula is C14H18N3O2PY-2. The Kier molecular flexibility index (Phi) is 7.79. The maximum Gasteiger partial charge on any atom is 0.414 e. The van der Waals surface area contributed by atoms with Gasteiger partial charge in [0.05, 0.1) is 6.54 Å². The molecule has 2 atom stereocenters. The number of rotatable bonds is 6. The van der Waals surface area contributed by atoms with E-state index in [1.54, 1.807) is 9.80 Å². The maximum atomic E-state index is 11.8. The summed E-state index contributed by atoms with van der Waals surface area (Å²) in [6.07, 6.45) is 1.61. The van der Waals surface area contributed by atoms with Crippen LogP contribution in [0.2, 0.25) is 0 Å². The molecule has 1 aliphatic heterocycles. The molecule has 1 unspecified atom stereocenters. The van der Waals surface area contributed by atoms with Crippen molar-refractivity contribution in [2.75, 3.05) is 35.7 Å². The van der Waals surface area contributed by atoms with Crippen molar-refractivity contribution in [1.29, 1.82) is 0 Å². The van der Waals surface area contributed by atoms with Gasteiger partial charge in [-0.1, -0.05) is 12.1 Å². The van der Waals surface area contributed by atoms with Crippen molar-refractivity contribution in [1.82, 2.24) is 0 Å². The van der Waals surface area contributed by atoms with Gasteiger partial charge < -0.3 is 22.0 Å². The first kappa shape index (κ1) is 18.5. The molecule has 7 heteroatoms. The fourth-order valence-corrected chi connectivity index (χ4v) is 2.81. The van der Waals surface area contributed by atoms with Crippen LogP contribution in [-0.4, -0.2) is 44.5 Å². The van der Waals surface area contributed by atoms with Crippen LogP contribution in [0.15, 0.2) is 24.3 Å². The minimum absolute atomic E-state index is 0. The van der Waals surface area contributed by atoms with Crippen molar-refractivity contribution in [3.05, 3.63) is 36.6 Å². The molecule has 1 heterocycles. The third-order valence-corrected chi connectivity index (χ3v) is 4.04. The van der Waals surface area contributed by atoms with E-state index < -0.39 is 0 Å². The van der Waals surface area contributed by atoms with Crippen LogP contribution in [0.5, 0.6) is 0 Å². The summed E-state index contributed by atoms with van der Waals surface area (Å²) < 4.78 is 5.32. The fraction of sp³-hybridized carbons (Fsp3) is 0.357. The van der Waals surface area contributed by atoms with Gasteiger partial charge in [0.2, 0.25) is 0 Å². The quantitative estimate of drug-likeness (QED) is 0.330. The molecule has 0 N–H and O–H groups in total. The molecule has 0 spiro atoms. The number of cyclic esters (lactones) is 1. The Balaban J connectivity index is 0.00000220. The van der Waals surface area contributed by atoms with Crippen LogP contribution in [0.3, 0.4) is 0 Å². The number of nitrogens with zero attached hydrogens (tertiary/aromatic N) is 3. The van der Waals surface area contributed by atoms with Crippen LogP contribution in [0, 0.1) is 6.92 Å². The zero-order chi connectivity index (χ0) is 14.5. The summed E-state index contributed by atoms with van der Waals surface area (Å²) in [6, 6.07) is 7.38. The van der Waals surface area contributed by atoms with Crippen LogP contribution in [-0.2, 0) is 37.4 Å². The number of carbonyl (C=O) groups is 1. The smallest absolute Gasteiger partial charge is 0.414 e. The minimum atomic E-state index is -0.288. The van der Waals surface area contributed by atoms with Crippen LogP contribution in [0.25, 0.3) is 5.41 Å². The van der Waals surface area contributed by atoms with Crippen LogP contribution < -0.4 is 9.80 Å². The molecule has 111 valence electrons. The van der Waals surface area contributed by atoms with Crippen molar-refractivity contribution >= 4 is 32.4 Å². The van der Waals surface area contributed by atoms with Gasteiger partial charge in [-0.05, 0) is 24.5 Å². The van der Waals surface area contributed by atoms with Crippen LogP contribution in [0.1, 0.15) is 0 Å². The SMILES string of the molecule is [CH2-]CN(C=[N-])c1ccc(N2C[C@H](CPC)OC2=O)cc1.[Y].